The molecule has 1 amide bonds. The molecule has 2 heterocycles. The van der Waals surface area contributed by atoms with Gasteiger partial charge in [-0.25, -0.2) is 4.98 Å². The predicted octanol–water partition coefficient (Wildman–Crippen LogP) is 3.09. The zero-order valence-corrected chi connectivity index (χ0v) is 15.8. The highest BCUT2D eigenvalue weighted by Crippen LogP contribution is 2.29. The Morgan fingerprint density at radius 2 is 2.10 bits per heavy atom. The van der Waals surface area contributed by atoms with Gasteiger partial charge in [0.2, 0.25) is 11.5 Å². The SMILES string of the molecule is CCOc1ccc(NC(=O)Cn2cnc3c(oc4ccccc43)c2=O)c([N+](=O)[O-])c1. The van der Waals surface area contributed by atoms with Crippen LogP contribution in [0.1, 0.15) is 6.92 Å². The predicted molar refractivity (Wildman–Crippen MR) is 109 cm³/mol. The fraction of sp³-hybridized carbons (Fsp3) is 0.150. The normalized spacial score (nSPS) is 11.0. The molecule has 0 aliphatic rings. The molecule has 10 nitrogen and oxygen atoms in total. The summed E-state index contributed by atoms with van der Waals surface area (Å²) in [5.41, 5.74) is 0.136. The number of carbonyl (C=O) groups is 1. The van der Waals surface area contributed by atoms with Crippen LogP contribution in [0.5, 0.6) is 5.75 Å². The van der Waals surface area contributed by atoms with E-state index in [2.05, 4.69) is 10.3 Å². The van der Waals surface area contributed by atoms with Crippen LogP contribution in [0, 0.1) is 10.1 Å². The minimum Gasteiger partial charge on any atom is -0.494 e. The molecule has 0 aliphatic heterocycles. The molecule has 2 aromatic carbocycles. The molecule has 0 spiro atoms. The highest BCUT2D eigenvalue weighted by molar-refractivity contribution is 6.01. The van der Waals surface area contributed by atoms with E-state index in [4.69, 9.17) is 9.15 Å². The molecule has 4 rings (SSSR count). The molecule has 1 N–H and O–H groups in total. The van der Waals surface area contributed by atoms with E-state index in [9.17, 15) is 19.7 Å². The summed E-state index contributed by atoms with van der Waals surface area (Å²) in [7, 11) is 0. The number of para-hydroxylation sites is 1. The number of amides is 1. The van der Waals surface area contributed by atoms with Crippen molar-refractivity contribution in [1.82, 2.24) is 9.55 Å². The summed E-state index contributed by atoms with van der Waals surface area (Å²) in [5.74, 6) is -0.306. The molecule has 10 heteroatoms. The number of carbonyl (C=O) groups excluding carboxylic acids is 1. The van der Waals surface area contributed by atoms with Crippen molar-refractivity contribution in [2.24, 2.45) is 0 Å². The number of nitro benzene ring substituents is 1. The number of furan rings is 1. The summed E-state index contributed by atoms with van der Waals surface area (Å²) >= 11 is 0. The largest absolute Gasteiger partial charge is 0.494 e. The second-order valence-corrected chi connectivity index (χ2v) is 6.37. The molecule has 0 saturated heterocycles. The quantitative estimate of drug-likeness (QED) is 0.383. The van der Waals surface area contributed by atoms with Crippen LogP contribution in [0.2, 0.25) is 0 Å². The van der Waals surface area contributed by atoms with E-state index in [1.807, 2.05) is 6.07 Å². The smallest absolute Gasteiger partial charge is 0.297 e. The first kappa shape index (κ1) is 19.1. The van der Waals surface area contributed by atoms with Crippen LogP contribution in [-0.2, 0) is 11.3 Å². The maximum Gasteiger partial charge on any atom is 0.297 e. The van der Waals surface area contributed by atoms with Crippen LogP contribution in [0.15, 0.2) is 58.0 Å². The van der Waals surface area contributed by atoms with Gasteiger partial charge in [0.25, 0.3) is 11.2 Å². The Bertz CT molecular complexity index is 1340. The van der Waals surface area contributed by atoms with Crippen molar-refractivity contribution >= 4 is 39.4 Å². The Morgan fingerprint density at radius 1 is 1.30 bits per heavy atom. The summed E-state index contributed by atoms with van der Waals surface area (Å²) in [5, 5.41) is 14.5. The number of ether oxygens (including phenoxy) is 1. The topological polar surface area (TPSA) is 130 Å². The number of hydrogen-bond donors (Lipinski definition) is 1. The van der Waals surface area contributed by atoms with Gasteiger partial charge in [0.1, 0.15) is 29.1 Å². The van der Waals surface area contributed by atoms with Gasteiger partial charge in [-0.3, -0.25) is 24.3 Å². The van der Waals surface area contributed by atoms with Crippen molar-refractivity contribution in [1.29, 1.82) is 0 Å². The average molecular weight is 408 g/mol. The summed E-state index contributed by atoms with van der Waals surface area (Å²) in [6, 6.07) is 11.2. The Hall–Kier alpha value is -4.21. The second-order valence-electron chi connectivity index (χ2n) is 6.37. The molecule has 0 atom stereocenters. The Labute approximate surface area is 168 Å². The highest BCUT2D eigenvalue weighted by atomic mass is 16.6. The Morgan fingerprint density at radius 3 is 2.87 bits per heavy atom. The first-order valence-electron chi connectivity index (χ1n) is 9.05. The number of fused-ring (bicyclic) bond motifs is 3. The molecule has 0 aliphatic carbocycles. The number of rotatable bonds is 6. The van der Waals surface area contributed by atoms with Gasteiger partial charge in [0, 0.05) is 5.39 Å². The number of nitro groups is 1. The fourth-order valence-corrected chi connectivity index (χ4v) is 3.10. The van der Waals surface area contributed by atoms with E-state index in [0.717, 1.165) is 4.57 Å². The van der Waals surface area contributed by atoms with E-state index in [-0.39, 0.29) is 23.5 Å². The second kappa shape index (κ2) is 7.66. The number of benzene rings is 2. The van der Waals surface area contributed by atoms with Crippen molar-refractivity contribution in [3.05, 3.63) is 69.3 Å². The monoisotopic (exact) mass is 408 g/mol. The van der Waals surface area contributed by atoms with Gasteiger partial charge >= 0.3 is 0 Å². The van der Waals surface area contributed by atoms with Crippen LogP contribution in [0.4, 0.5) is 11.4 Å². The van der Waals surface area contributed by atoms with Crippen LogP contribution in [0.25, 0.3) is 22.1 Å². The van der Waals surface area contributed by atoms with Gasteiger partial charge in [-0.1, -0.05) is 12.1 Å². The van der Waals surface area contributed by atoms with Crippen molar-refractivity contribution in [3.63, 3.8) is 0 Å². The van der Waals surface area contributed by atoms with E-state index in [1.165, 1.54) is 24.5 Å². The molecule has 0 unspecified atom stereocenters. The third-order valence-corrected chi connectivity index (χ3v) is 4.42. The lowest BCUT2D eigenvalue weighted by atomic mass is 10.2. The third-order valence-electron chi connectivity index (χ3n) is 4.42. The van der Waals surface area contributed by atoms with E-state index < -0.39 is 16.4 Å². The van der Waals surface area contributed by atoms with Crippen LogP contribution < -0.4 is 15.6 Å². The van der Waals surface area contributed by atoms with Crippen molar-refractivity contribution < 1.29 is 18.9 Å². The lowest BCUT2D eigenvalue weighted by Crippen LogP contribution is -2.27. The first-order valence-corrected chi connectivity index (χ1v) is 9.05. The van der Waals surface area contributed by atoms with E-state index in [1.54, 1.807) is 25.1 Å². The molecule has 30 heavy (non-hydrogen) atoms. The minimum atomic E-state index is -0.623. The van der Waals surface area contributed by atoms with Gasteiger partial charge in [0.15, 0.2) is 0 Å². The summed E-state index contributed by atoms with van der Waals surface area (Å²) in [4.78, 5) is 40.1. The van der Waals surface area contributed by atoms with Crippen LogP contribution in [-0.4, -0.2) is 27.0 Å². The molecule has 4 aromatic rings. The Kier molecular flexibility index (Phi) is 4.88. The maximum absolute atomic E-state index is 12.7. The molecular weight excluding hydrogens is 392 g/mol. The van der Waals surface area contributed by atoms with Gasteiger partial charge in [-0.05, 0) is 31.2 Å². The minimum absolute atomic E-state index is 0.000670. The molecule has 0 saturated carbocycles. The maximum atomic E-state index is 12.7. The van der Waals surface area contributed by atoms with Gasteiger partial charge in [0.05, 0.1) is 23.9 Å². The lowest BCUT2D eigenvalue weighted by molar-refractivity contribution is -0.384. The fourth-order valence-electron chi connectivity index (χ4n) is 3.10. The van der Waals surface area contributed by atoms with Crippen molar-refractivity contribution in [2.45, 2.75) is 13.5 Å². The van der Waals surface area contributed by atoms with Crippen LogP contribution in [0.3, 0.4) is 0 Å². The van der Waals surface area contributed by atoms with Crippen molar-refractivity contribution in [2.75, 3.05) is 11.9 Å². The average Bonchev–Trinajstić information content (AvgIpc) is 3.11. The molecule has 152 valence electrons. The zero-order valence-electron chi connectivity index (χ0n) is 15.8. The van der Waals surface area contributed by atoms with Crippen LogP contribution >= 0.6 is 0 Å². The van der Waals surface area contributed by atoms with Gasteiger partial charge < -0.3 is 14.5 Å². The summed E-state index contributed by atoms with van der Waals surface area (Å²) in [6.45, 7) is 1.72. The van der Waals surface area contributed by atoms with E-state index >= 15 is 0 Å². The number of nitrogens with one attached hydrogen (secondary N) is 1. The number of hydrogen-bond acceptors (Lipinski definition) is 7. The molecule has 0 fully saturated rings. The van der Waals surface area contributed by atoms with Gasteiger partial charge in [-0.2, -0.15) is 0 Å². The van der Waals surface area contributed by atoms with E-state index in [0.29, 0.717) is 28.8 Å². The first-order chi connectivity index (χ1) is 14.5. The lowest BCUT2D eigenvalue weighted by Gasteiger charge is -2.09. The molecule has 2 aromatic heterocycles. The molecule has 0 radical (unpaired) electrons. The molecular formula is C20H16N4O6. The highest BCUT2D eigenvalue weighted by Gasteiger charge is 2.19. The number of aromatic nitrogens is 2. The standard InChI is InChI=1S/C20H16N4O6/c1-2-29-12-7-8-14(15(9-12)24(27)28)22-17(25)10-23-11-21-18-13-5-3-4-6-16(13)30-19(18)20(23)26/h3-9,11H,2,10H2,1H3,(H,22,25). The van der Waals surface area contributed by atoms with Crippen molar-refractivity contribution in [3.8, 4) is 5.75 Å². The summed E-state index contributed by atoms with van der Waals surface area (Å²) < 4.78 is 11.9. The zero-order chi connectivity index (χ0) is 21.3. The van der Waals surface area contributed by atoms with Gasteiger partial charge in [-0.15, -0.1) is 0 Å². The Balaban J connectivity index is 1.61. The molecule has 0 bridgehead atoms. The summed E-state index contributed by atoms with van der Waals surface area (Å²) in [6.07, 6.45) is 1.25. The number of nitrogens with zero attached hydrogens (tertiary/aromatic N) is 3. The number of anilines is 1. The third kappa shape index (κ3) is 3.46.